The number of nitrogens with zero attached hydrogens (tertiary/aromatic N) is 1. The molecular weight excluding hydrogens is 856 g/mol. The summed E-state index contributed by atoms with van der Waals surface area (Å²) in [5, 5.41) is 0. The number of benzene rings is 9. The monoisotopic (exact) mass is 917 g/mol. The molecule has 0 unspecified atom stereocenters. The Labute approximate surface area is 422 Å². The number of fused-ring (bicyclic) bond motifs is 11. The molecule has 0 saturated heterocycles. The van der Waals surface area contributed by atoms with Crippen molar-refractivity contribution in [2.75, 3.05) is 4.90 Å². The standard InChI is InChI=1S/C67H61B2NO/c1-38-28-42(5)62(43(6)29-38)68(63-44(7)30-39(2)31-45(63)8)50-24-26-52-53-27-25-51(69(64-46(9)32-40(3)33-47(64)10)65-48(11)34-41(4)35-49(65)12)37-57(53)67(56(52)36-50)54-18-13-14-20-58(54)70-59-21-15-16-22-60(59)71-61-23-17-19-55(67)66(61)70/h13-37H,1-12H3. The second-order valence-corrected chi connectivity index (χ2v) is 21.6. The fraction of sp³-hybridized carbons (Fsp3) is 0.194. The maximum Gasteiger partial charge on any atom is 0.242 e. The Hall–Kier alpha value is -7.29. The molecule has 0 N–H and O–H groups in total. The summed E-state index contributed by atoms with van der Waals surface area (Å²) in [7, 11) is 0. The van der Waals surface area contributed by atoms with Crippen LogP contribution in [0, 0.1) is 83.1 Å². The molecule has 2 heterocycles. The van der Waals surface area contributed by atoms with Gasteiger partial charge in [0.05, 0.1) is 22.5 Å². The van der Waals surface area contributed by atoms with Gasteiger partial charge in [0.1, 0.15) is 0 Å². The van der Waals surface area contributed by atoms with Gasteiger partial charge in [-0.05, 0) is 141 Å². The molecule has 1 spiro atoms. The number of ether oxygens (including phenoxy) is 1. The summed E-state index contributed by atoms with van der Waals surface area (Å²) >= 11 is 0. The summed E-state index contributed by atoms with van der Waals surface area (Å²) in [4.78, 5) is 2.48. The van der Waals surface area contributed by atoms with Crippen molar-refractivity contribution in [3.05, 3.63) is 241 Å². The Balaban J connectivity index is 1.21. The molecule has 2 aliphatic heterocycles. The quantitative estimate of drug-likeness (QED) is 0.154. The third kappa shape index (κ3) is 6.63. The third-order valence-electron chi connectivity index (χ3n) is 16.5. The summed E-state index contributed by atoms with van der Waals surface area (Å²) in [6.07, 6.45) is 0. The van der Waals surface area contributed by atoms with Crippen molar-refractivity contribution in [3.8, 4) is 22.6 Å². The molecule has 9 aromatic rings. The lowest BCUT2D eigenvalue weighted by molar-refractivity contribution is 0.473. The number of rotatable bonds is 6. The summed E-state index contributed by atoms with van der Waals surface area (Å²) in [6, 6.07) is 58.7. The molecule has 0 bridgehead atoms. The number of para-hydroxylation sites is 4. The van der Waals surface area contributed by atoms with Gasteiger partial charge in [0, 0.05) is 0 Å². The van der Waals surface area contributed by atoms with Crippen molar-refractivity contribution in [3.63, 3.8) is 0 Å². The number of aryl methyl sites for hydroxylation is 12. The molecule has 0 aromatic heterocycles. The second-order valence-electron chi connectivity index (χ2n) is 21.6. The van der Waals surface area contributed by atoms with Gasteiger partial charge in [-0.15, -0.1) is 0 Å². The lowest BCUT2D eigenvalue weighted by Gasteiger charge is -2.47. The SMILES string of the molecule is Cc1cc(C)c(B(c2ccc3c(c2)C2(c4cc(B(c5c(C)cc(C)cc5C)c5c(C)cc(C)cc5C)ccc4-3)c3ccccc3N3c4ccccc4Oc4cccc2c43)c2c(C)cc(C)cc2C)c(C)c1. The third-order valence-corrected chi connectivity index (χ3v) is 16.5. The Bertz CT molecular complexity index is 3370. The van der Waals surface area contributed by atoms with Crippen LogP contribution in [0.1, 0.15) is 89.0 Å². The van der Waals surface area contributed by atoms with E-state index in [1.54, 1.807) is 0 Å². The lowest BCUT2D eigenvalue weighted by Crippen LogP contribution is -2.56. The fourth-order valence-electron chi connectivity index (χ4n) is 14.3. The fourth-order valence-corrected chi connectivity index (χ4v) is 14.3. The largest absolute Gasteiger partial charge is 0.453 e. The molecule has 2 nitrogen and oxygen atoms in total. The van der Waals surface area contributed by atoms with Crippen molar-refractivity contribution in [2.24, 2.45) is 0 Å². The molecule has 346 valence electrons. The van der Waals surface area contributed by atoms with Crippen LogP contribution in [0.25, 0.3) is 11.1 Å². The van der Waals surface area contributed by atoms with Gasteiger partial charge in [0.2, 0.25) is 13.4 Å². The van der Waals surface area contributed by atoms with Crippen molar-refractivity contribution in [2.45, 2.75) is 88.5 Å². The van der Waals surface area contributed by atoms with Gasteiger partial charge in [-0.1, -0.05) is 227 Å². The average molecular weight is 918 g/mol. The summed E-state index contributed by atoms with van der Waals surface area (Å²) in [6.45, 7) is 27.5. The van der Waals surface area contributed by atoms with Crippen LogP contribution in [-0.4, -0.2) is 13.4 Å². The van der Waals surface area contributed by atoms with Crippen molar-refractivity contribution in [1.82, 2.24) is 0 Å². The maximum absolute atomic E-state index is 6.98. The first-order valence-corrected chi connectivity index (χ1v) is 25.6. The van der Waals surface area contributed by atoms with Crippen LogP contribution < -0.4 is 42.4 Å². The highest BCUT2D eigenvalue weighted by atomic mass is 16.5. The molecule has 0 amide bonds. The molecule has 0 saturated carbocycles. The Morgan fingerprint density at radius 3 is 1.14 bits per heavy atom. The first kappa shape index (κ1) is 44.9. The zero-order chi connectivity index (χ0) is 49.4. The van der Waals surface area contributed by atoms with Gasteiger partial charge in [-0.25, -0.2) is 0 Å². The van der Waals surface area contributed by atoms with Crippen molar-refractivity contribution < 1.29 is 4.74 Å². The molecular formula is C67H61B2NO. The second kappa shape index (κ2) is 16.4. The number of hydrogen-bond donors (Lipinski definition) is 0. The van der Waals surface area contributed by atoms with Gasteiger partial charge >= 0.3 is 0 Å². The first-order chi connectivity index (χ1) is 34.1. The molecule has 0 radical (unpaired) electrons. The number of anilines is 3. The summed E-state index contributed by atoms with van der Waals surface area (Å²) in [5.74, 6) is 1.74. The van der Waals surface area contributed by atoms with E-state index >= 15 is 0 Å². The smallest absolute Gasteiger partial charge is 0.242 e. The highest BCUT2D eigenvalue weighted by Crippen LogP contribution is 2.66. The van der Waals surface area contributed by atoms with Gasteiger partial charge in [-0.2, -0.15) is 0 Å². The van der Waals surface area contributed by atoms with E-state index in [4.69, 9.17) is 4.74 Å². The minimum Gasteiger partial charge on any atom is -0.453 e. The molecule has 1 aliphatic carbocycles. The van der Waals surface area contributed by atoms with E-state index in [1.807, 2.05) is 0 Å². The number of hydrogen-bond acceptors (Lipinski definition) is 2. The van der Waals surface area contributed by atoms with E-state index in [1.165, 1.54) is 139 Å². The van der Waals surface area contributed by atoms with Crippen LogP contribution >= 0.6 is 0 Å². The Kier molecular flexibility index (Phi) is 10.4. The van der Waals surface area contributed by atoms with E-state index in [9.17, 15) is 0 Å². The van der Waals surface area contributed by atoms with Gasteiger partial charge in [0.25, 0.3) is 0 Å². The predicted octanol–water partition coefficient (Wildman–Crippen LogP) is 12.7. The van der Waals surface area contributed by atoms with Crippen LogP contribution in [0.5, 0.6) is 11.5 Å². The van der Waals surface area contributed by atoms with Gasteiger partial charge in [0.15, 0.2) is 11.5 Å². The van der Waals surface area contributed by atoms with Crippen LogP contribution in [0.4, 0.5) is 17.1 Å². The van der Waals surface area contributed by atoms with E-state index in [2.05, 4.69) is 240 Å². The van der Waals surface area contributed by atoms with E-state index in [0.717, 1.165) is 22.9 Å². The van der Waals surface area contributed by atoms with Crippen LogP contribution in [0.15, 0.2) is 152 Å². The molecule has 4 heteroatoms. The maximum atomic E-state index is 6.98. The van der Waals surface area contributed by atoms with Gasteiger partial charge < -0.3 is 9.64 Å². The topological polar surface area (TPSA) is 12.5 Å². The molecule has 9 aromatic carbocycles. The molecule has 3 aliphatic rings. The van der Waals surface area contributed by atoms with Crippen molar-refractivity contribution >= 4 is 63.3 Å². The van der Waals surface area contributed by atoms with E-state index in [0.29, 0.717) is 0 Å². The summed E-state index contributed by atoms with van der Waals surface area (Å²) in [5.41, 5.74) is 34.4. The Morgan fingerprint density at radius 2 is 0.704 bits per heavy atom. The van der Waals surface area contributed by atoms with Crippen LogP contribution in [0.2, 0.25) is 0 Å². The van der Waals surface area contributed by atoms with Crippen molar-refractivity contribution in [1.29, 1.82) is 0 Å². The summed E-state index contributed by atoms with van der Waals surface area (Å²) < 4.78 is 6.98. The van der Waals surface area contributed by atoms with E-state index in [-0.39, 0.29) is 13.4 Å². The lowest BCUT2D eigenvalue weighted by atomic mass is 9.34. The molecule has 0 atom stereocenters. The normalized spacial score (nSPS) is 13.3. The zero-order valence-corrected chi connectivity index (χ0v) is 43.4. The minimum absolute atomic E-state index is 0.0115. The molecule has 71 heavy (non-hydrogen) atoms. The molecule has 0 fully saturated rings. The molecule has 12 rings (SSSR count). The zero-order valence-electron chi connectivity index (χ0n) is 43.4. The highest BCUT2D eigenvalue weighted by Gasteiger charge is 2.54. The first-order valence-electron chi connectivity index (χ1n) is 25.6. The van der Waals surface area contributed by atoms with E-state index < -0.39 is 5.41 Å². The van der Waals surface area contributed by atoms with Gasteiger partial charge in [-0.3, -0.25) is 0 Å². The Morgan fingerprint density at radius 1 is 0.338 bits per heavy atom. The van der Waals surface area contributed by atoms with Crippen LogP contribution in [-0.2, 0) is 5.41 Å². The minimum atomic E-state index is -0.705. The average Bonchev–Trinajstić information content (AvgIpc) is 3.59. The predicted molar refractivity (Wildman–Crippen MR) is 304 cm³/mol. The highest BCUT2D eigenvalue weighted by molar-refractivity contribution is 6.97. The van der Waals surface area contributed by atoms with Crippen LogP contribution in [0.3, 0.4) is 0 Å².